The third-order valence-electron chi connectivity index (χ3n) is 3.49. The van der Waals surface area contributed by atoms with Crippen molar-refractivity contribution in [2.75, 3.05) is 16.4 Å². The van der Waals surface area contributed by atoms with Gasteiger partial charge in [-0.15, -0.1) is 10.2 Å². The zero-order valence-corrected chi connectivity index (χ0v) is 16.6. The van der Waals surface area contributed by atoms with Crippen LogP contribution in [0.3, 0.4) is 0 Å². The summed E-state index contributed by atoms with van der Waals surface area (Å²) in [5, 5.41) is 15.6. The van der Waals surface area contributed by atoms with Crippen LogP contribution in [0.2, 0.25) is 5.02 Å². The van der Waals surface area contributed by atoms with E-state index >= 15 is 0 Å². The molecule has 0 atom stereocenters. The topological polar surface area (TPSA) is 66.9 Å². The smallest absolute Gasteiger partial charge is 0.234 e. The lowest BCUT2D eigenvalue weighted by Crippen LogP contribution is -2.13. The van der Waals surface area contributed by atoms with E-state index in [1.165, 1.54) is 28.7 Å². The highest BCUT2D eigenvalue weighted by molar-refractivity contribution is 8.01. The molecular formula is C18H17ClN4OS2. The van der Waals surface area contributed by atoms with Gasteiger partial charge in [-0.3, -0.25) is 4.79 Å². The molecule has 1 heterocycles. The van der Waals surface area contributed by atoms with Crippen LogP contribution in [-0.2, 0) is 4.79 Å². The molecule has 0 aliphatic carbocycles. The zero-order valence-electron chi connectivity index (χ0n) is 14.2. The van der Waals surface area contributed by atoms with Crippen molar-refractivity contribution in [1.29, 1.82) is 0 Å². The monoisotopic (exact) mass is 404 g/mol. The van der Waals surface area contributed by atoms with Crippen LogP contribution in [0.1, 0.15) is 11.1 Å². The van der Waals surface area contributed by atoms with E-state index in [2.05, 4.69) is 20.8 Å². The van der Waals surface area contributed by atoms with Crippen LogP contribution >= 0.6 is 34.7 Å². The van der Waals surface area contributed by atoms with Crippen LogP contribution in [0.4, 0.5) is 16.5 Å². The van der Waals surface area contributed by atoms with Gasteiger partial charge in [-0.2, -0.15) is 0 Å². The molecule has 1 aromatic heterocycles. The number of rotatable bonds is 6. The fourth-order valence-electron chi connectivity index (χ4n) is 2.07. The summed E-state index contributed by atoms with van der Waals surface area (Å²) in [7, 11) is 0. The third kappa shape index (κ3) is 5.20. The normalized spacial score (nSPS) is 10.6. The first-order chi connectivity index (χ1) is 12.5. The van der Waals surface area contributed by atoms with Gasteiger partial charge in [-0.1, -0.05) is 58.5 Å². The Balaban J connectivity index is 1.51. The quantitative estimate of drug-likeness (QED) is 0.547. The fraction of sp³-hybridized carbons (Fsp3) is 0.167. The van der Waals surface area contributed by atoms with E-state index in [0.717, 1.165) is 15.6 Å². The number of aromatic nitrogens is 2. The molecule has 0 aliphatic heterocycles. The van der Waals surface area contributed by atoms with E-state index in [1.54, 1.807) is 6.07 Å². The second kappa shape index (κ2) is 8.53. The summed E-state index contributed by atoms with van der Waals surface area (Å²) in [6.45, 7) is 3.96. The largest absolute Gasteiger partial charge is 0.330 e. The van der Waals surface area contributed by atoms with Crippen LogP contribution in [0.25, 0.3) is 0 Å². The standard InChI is InChI=1S/C18H17ClN4OS2/c1-11-3-6-13(7-4-11)21-17-22-23-18(26-17)25-10-16(24)20-14-8-5-12(2)15(19)9-14/h3-9H,10H2,1-2H3,(H,20,24)(H,21,22). The number of carbonyl (C=O) groups is 1. The summed E-state index contributed by atoms with van der Waals surface area (Å²) < 4.78 is 0.733. The van der Waals surface area contributed by atoms with Gasteiger partial charge >= 0.3 is 0 Å². The predicted molar refractivity (Wildman–Crippen MR) is 110 cm³/mol. The highest BCUT2D eigenvalue weighted by Crippen LogP contribution is 2.28. The van der Waals surface area contributed by atoms with E-state index in [0.29, 0.717) is 15.8 Å². The number of thioether (sulfide) groups is 1. The number of nitrogens with zero attached hydrogens (tertiary/aromatic N) is 2. The Labute approximate surface area is 165 Å². The third-order valence-corrected chi connectivity index (χ3v) is 5.87. The Morgan fingerprint density at radius 2 is 1.85 bits per heavy atom. The lowest BCUT2D eigenvalue weighted by Gasteiger charge is -2.06. The van der Waals surface area contributed by atoms with E-state index < -0.39 is 0 Å². The van der Waals surface area contributed by atoms with Gasteiger partial charge in [0.25, 0.3) is 0 Å². The molecule has 0 saturated heterocycles. The van der Waals surface area contributed by atoms with Crippen molar-refractivity contribution in [3.63, 3.8) is 0 Å². The average molecular weight is 405 g/mol. The van der Waals surface area contributed by atoms with Crippen molar-refractivity contribution in [2.45, 2.75) is 18.2 Å². The number of carbonyl (C=O) groups excluding carboxylic acids is 1. The molecule has 0 aliphatic rings. The Bertz CT molecular complexity index is 912. The molecule has 1 amide bonds. The molecule has 3 rings (SSSR count). The van der Waals surface area contributed by atoms with E-state index in [1.807, 2.05) is 50.2 Å². The maximum absolute atomic E-state index is 12.1. The number of halogens is 1. The van der Waals surface area contributed by atoms with Gasteiger partial charge in [0.2, 0.25) is 11.0 Å². The van der Waals surface area contributed by atoms with E-state index in [-0.39, 0.29) is 11.7 Å². The molecule has 5 nitrogen and oxygen atoms in total. The fourth-order valence-corrected chi connectivity index (χ4v) is 3.83. The molecule has 0 fully saturated rings. The van der Waals surface area contributed by atoms with Crippen LogP contribution < -0.4 is 10.6 Å². The number of benzene rings is 2. The number of hydrogen-bond acceptors (Lipinski definition) is 6. The molecule has 2 N–H and O–H groups in total. The van der Waals surface area contributed by atoms with E-state index in [4.69, 9.17) is 11.6 Å². The molecule has 0 spiro atoms. The molecule has 0 unspecified atom stereocenters. The first-order valence-corrected chi connectivity index (χ1v) is 10.0. The van der Waals surface area contributed by atoms with Crippen molar-refractivity contribution in [3.05, 3.63) is 58.6 Å². The minimum atomic E-state index is -0.113. The zero-order chi connectivity index (χ0) is 18.5. The van der Waals surface area contributed by atoms with Gasteiger partial charge in [0.05, 0.1) is 5.75 Å². The van der Waals surface area contributed by atoms with Crippen molar-refractivity contribution in [1.82, 2.24) is 10.2 Å². The number of anilines is 3. The molecule has 0 bridgehead atoms. The van der Waals surface area contributed by atoms with Gasteiger partial charge in [0.15, 0.2) is 4.34 Å². The minimum Gasteiger partial charge on any atom is -0.330 e. The number of hydrogen-bond donors (Lipinski definition) is 2. The van der Waals surface area contributed by atoms with Crippen molar-refractivity contribution in [3.8, 4) is 0 Å². The highest BCUT2D eigenvalue weighted by atomic mass is 35.5. The van der Waals surface area contributed by atoms with Gasteiger partial charge in [-0.25, -0.2) is 0 Å². The lowest BCUT2D eigenvalue weighted by molar-refractivity contribution is -0.113. The number of amides is 1. The average Bonchev–Trinajstić information content (AvgIpc) is 3.06. The molecule has 8 heteroatoms. The Morgan fingerprint density at radius 3 is 2.58 bits per heavy atom. The second-order valence-corrected chi connectivity index (χ2v) is 8.27. The maximum atomic E-state index is 12.1. The second-order valence-electron chi connectivity index (χ2n) is 5.66. The Kier molecular flexibility index (Phi) is 6.13. The van der Waals surface area contributed by atoms with Crippen LogP contribution in [-0.4, -0.2) is 21.9 Å². The van der Waals surface area contributed by atoms with Crippen LogP contribution in [0.5, 0.6) is 0 Å². The minimum absolute atomic E-state index is 0.113. The SMILES string of the molecule is Cc1ccc(Nc2nnc(SCC(=O)Nc3ccc(C)c(Cl)c3)s2)cc1. The van der Waals surface area contributed by atoms with Crippen molar-refractivity contribution < 1.29 is 4.79 Å². The van der Waals surface area contributed by atoms with Gasteiger partial charge in [0.1, 0.15) is 0 Å². The Morgan fingerprint density at radius 1 is 1.12 bits per heavy atom. The Hall–Kier alpha value is -2.09. The predicted octanol–water partition coefficient (Wildman–Crippen LogP) is 5.28. The summed E-state index contributed by atoms with van der Waals surface area (Å²) in [6, 6.07) is 13.5. The molecule has 0 saturated carbocycles. The molecule has 134 valence electrons. The highest BCUT2D eigenvalue weighted by Gasteiger charge is 2.09. The van der Waals surface area contributed by atoms with E-state index in [9.17, 15) is 4.79 Å². The summed E-state index contributed by atoms with van der Waals surface area (Å²) in [4.78, 5) is 12.1. The van der Waals surface area contributed by atoms with Crippen LogP contribution in [0, 0.1) is 13.8 Å². The van der Waals surface area contributed by atoms with Gasteiger partial charge in [-0.05, 0) is 43.7 Å². The molecule has 26 heavy (non-hydrogen) atoms. The molecule has 0 radical (unpaired) electrons. The molecule has 2 aromatic carbocycles. The lowest BCUT2D eigenvalue weighted by atomic mass is 10.2. The molecular weight excluding hydrogens is 388 g/mol. The van der Waals surface area contributed by atoms with Crippen molar-refractivity contribution in [2.24, 2.45) is 0 Å². The van der Waals surface area contributed by atoms with Crippen molar-refractivity contribution >= 4 is 57.1 Å². The maximum Gasteiger partial charge on any atom is 0.234 e. The van der Waals surface area contributed by atoms with Crippen LogP contribution in [0.15, 0.2) is 46.8 Å². The first-order valence-electron chi connectivity index (χ1n) is 7.85. The summed E-state index contributed by atoms with van der Waals surface area (Å²) in [5.41, 5.74) is 3.81. The van der Waals surface area contributed by atoms with Gasteiger partial charge in [0, 0.05) is 16.4 Å². The summed E-state index contributed by atoms with van der Waals surface area (Å²) in [6.07, 6.45) is 0. The summed E-state index contributed by atoms with van der Waals surface area (Å²) >= 11 is 8.83. The van der Waals surface area contributed by atoms with Gasteiger partial charge < -0.3 is 10.6 Å². The number of aryl methyl sites for hydroxylation is 2. The first kappa shape index (κ1) is 18.7. The summed E-state index contributed by atoms with van der Waals surface area (Å²) in [5.74, 6) is 0.142. The number of nitrogens with one attached hydrogen (secondary N) is 2. The molecule has 3 aromatic rings.